The summed E-state index contributed by atoms with van der Waals surface area (Å²) in [6, 6.07) is 7.31. The molecule has 0 aliphatic carbocycles. The minimum Gasteiger partial charge on any atom is -0.455 e. The first kappa shape index (κ1) is 15.7. The van der Waals surface area contributed by atoms with Gasteiger partial charge in [-0.25, -0.2) is 9.59 Å². The second-order valence-electron chi connectivity index (χ2n) is 4.23. The van der Waals surface area contributed by atoms with Gasteiger partial charge in [0.15, 0.2) is 0 Å². The van der Waals surface area contributed by atoms with E-state index in [4.69, 9.17) is 9.47 Å². The van der Waals surface area contributed by atoms with E-state index in [-0.39, 0.29) is 12.2 Å². The molecule has 1 aromatic carbocycles. The van der Waals surface area contributed by atoms with Crippen molar-refractivity contribution < 1.29 is 19.1 Å². The van der Waals surface area contributed by atoms with E-state index in [2.05, 4.69) is 13.2 Å². The van der Waals surface area contributed by atoms with Crippen molar-refractivity contribution in [3.63, 3.8) is 0 Å². The van der Waals surface area contributed by atoms with Crippen LogP contribution >= 0.6 is 0 Å². The molecule has 1 aromatic rings. The molecule has 0 saturated carbocycles. The van der Waals surface area contributed by atoms with Crippen LogP contribution in [0.1, 0.15) is 37.2 Å². The fourth-order valence-electron chi connectivity index (χ4n) is 1.62. The van der Waals surface area contributed by atoms with Gasteiger partial charge in [0.05, 0.1) is 0 Å². The maximum Gasteiger partial charge on any atom is 0.330 e. The van der Waals surface area contributed by atoms with Crippen LogP contribution in [-0.2, 0) is 19.1 Å². The molecule has 0 aliphatic rings. The molecule has 4 heteroatoms. The van der Waals surface area contributed by atoms with Gasteiger partial charge in [0.1, 0.15) is 12.2 Å². The minimum absolute atomic E-state index is 0.361. The highest BCUT2D eigenvalue weighted by Gasteiger charge is 2.12. The van der Waals surface area contributed by atoms with Crippen LogP contribution in [0.5, 0.6) is 0 Å². The summed E-state index contributed by atoms with van der Waals surface area (Å²) in [4.78, 5) is 22.2. The molecule has 106 valence electrons. The molecule has 0 radical (unpaired) electrons. The van der Waals surface area contributed by atoms with Crippen molar-refractivity contribution in [2.45, 2.75) is 26.1 Å². The molecule has 0 aromatic heterocycles. The van der Waals surface area contributed by atoms with Gasteiger partial charge in [-0.05, 0) is 25.0 Å². The van der Waals surface area contributed by atoms with Crippen LogP contribution in [-0.4, -0.2) is 11.9 Å². The van der Waals surface area contributed by atoms with E-state index < -0.39 is 11.9 Å². The predicted molar refractivity (Wildman–Crippen MR) is 75.9 cm³/mol. The van der Waals surface area contributed by atoms with Crippen LogP contribution in [0, 0.1) is 0 Å². The Kier molecular flexibility index (Phi) is 5.72. The molecule has 0 amide bonds. The highest BCUT2D eigenvalue weighted by atomic mass is 16.5. The van der Waals surface area contributed by atoms with E-state index in [9.17, 15) is 9.59 Å². The van der Waals surface area contributed by atoms with Gasteiger partial charge < -0.3 is 9.47 Å². The van der Waals surface area contributed by atoms with Crippen LogP contribution in [0.4, 0.5) is 0 Å². The summed E-state index contributed by atoms with van der Waals surface area (Å²) in [6.45, 7) is 10.2. The fourth-order valence-corrected chi connectivity index (χ4v) is 1.62. The zero-order valence-electron chi connectivity index (χ0n) is 11.7. The molecule has 0 heterocycles. The third-order valence-electron chi connectivity index (χ3n) is 2.79. The summed E-state index contributed by atoms with van der Waals surface area (Å²) in [5.74, 6) is -0.926. The molecule has 0 fully saturated rings. The zero-order valence-corrected chi connectivity index (χ0v) is 11.7. The molecule has 4 nitrogen and oxygen atoms in total. The van der Waals surface area contributed by atoms with Gasteiger partial charge in [0.2, 0.25) is 0 Å². The van der Waals surface area contributed by atoms with Crippen LogP contribution < -0.4 is 0 Å². The van der Waals surface area contributed by atoms with Gasteiger partial charge >= 0.3 is 11.9 Å². The Hall–Kier alpha value is -2.36. The number of ether oxygens (including phenoxy) is 2. The Labute approximate surface area is 118 Å². The number of hydrogen-bond acceptors (Lipinski definition) is 4. The molecule has 2 atom stereocenters. The first-order valence-electron chi connectivity index (χ1n) is 6.24. The Morgan fingerprint density at radius 3 is 1.45 bits per heavy atom. The second kappa shape index (κ2) is 7.28. The molecule has 1 rings (SSSR count). The van der Waals surface area contributed by atoms with Gasteiger partial charge in [0.25, 0.3) is 0 Å². The van der Waals surface area contributed by atoms with Gasteiger partial charge in [-0.2, -0.15) is 0 Å². The Morgan fingerprint density at radius 1 is 0.900 bits per heavy atom. The number of hydrogen-bond donors (Lipinski definition) is 0. The van der Waals surface area contributed by atoms with Gasteiger partial charge in [-0.15, -0.1) is 0 Å². The highest BCUT2D eigenvalue weighted by molar-refractivity contribution is 5.81. The fraction of sp³-hybridized carbons (Fsp3) is 0.250. The smallest absolute Gasteiger partial charge is 0.330 e. The van der Waals surface area contributed by atoms with Crippen LogP contribution in [0.3, 0.4) is 0 Å². The number of esters is 2. The molecule has 2 unspecified atom stereocenters. The number of carbonyl (C=O) groups is 2. The van der Waals surface area contributed by atoms with Gasteiger partial charge in [0, 0.05) is 12.2 Å². The lowest BCUT2D eigenvalue weighted by Gasteiger charge is -2.15. The van der Waals surface area contributed by atoms with Crippen LogP contribution in [0.25, 0.3) is 0 Å². The summed E-state index contributed by atoms with van der Waals surface area (Å²) >= 11 is 0. The third-order valence-corrected chi connectivity index (χ3v) is 2.79. The standard InChI is InChI=1S/C16H18O4/c1-5-15(17)19-11(3)13-7-9-14(10-8-13)12(4)20-16(18)6-2/h5-12H,1-2H2,3-4H3. The van der Waals surface area contributed by atoms with Gasteiger partial charge in [-0.3, -0.25) is 0 Å². The van der Waals surface area contributed by atoms with Crippen LogP contribution in [0.15, 0.2) is 49.6 Å². The normalized spacial score (nSPS) is 12.9. The first-order chi connectivity index (χ1) is 9.47. The Balaban J connectivity index is 2.72. The van der Waals surface area contributed by atoms with E-state index >= 15 is 0 Å². The molecule has 0 N–H and O–H groups in total. The van der Waals surface area contributed by atoms with Crippen molar-refractivity contribution in [2.75, 3.05) is 0 Å². The average Bonchev–Trinajstić information content (AvgIpc) is 2.46. The number of rotatable bonds is 6. The van der Waals surface area contributed by atoms with E-state index in [0.717, 1.165) is 23.3 Å². The molecular formula is C16H18O4. The first-order valence-corrected chi connectivity index (χ1v) is 6.24. The molecule has 0 saturated heterocycles. The number of benzene rings is 1. The summed E-state index contributed by atoms with van der Waals surface area (Å²) in [5.41, 5.74) is 1.71. The monoisotopic (exact) mass is 274 g/mol. The van der Waals surface area contributed by atoms with E-state index in [1.165, 1.54) is 0 Å². The third kappa shape index (κ3) is 4.39. The second-order valence-corrected chi connectivity index (χ2v) is 4.23. The summed E-state index contributed by atoms with van der Waals surface area (Å²) in [7, 11) is 0. The topological polar surface area (TPSA) is 52.6 Å². The zero-order chi connectivity index (χ0) is 15.1. The van der Waals surface area contributed by atoms with E-state index in [1.807, 2.05) is 24.3 Å². The lowest BCUT2D eigenvalue weighted by atomic mass is 10.1. The van der Waals surface area contributed by atoms with Crippen molar-refractivity contribution in [3.05, 3.63) is 60.7 Å². The van der Waals surface area contributed by atoms with Crippen molar-refractivity contribution >= 4 is 11.9 Å². The molecule has 0 spiro atoms. The average molecular weight is 274 g/mol. The predicted octanol–water partition coefficient (Wildman–Crippen LogP) is 3.27. The maximum absolute atomic E-state index is 11.1. The summed E-state index contributed by atoms with van der Waals surface area (Å²) in [6.07, 6.45) is 1.53. The maximum atomic E-state index is 11.1. The Bertz CT molecular complexity index is 455. The minimum atomic E-state index is -0.463. The highest BCUT2D eigenvalue weighted by Crippen LogP contribution is 2.22. The van der Waals surface area contributed by atoms with Crippen molar-refractivity contribution in [1.29, 1.82) is 0 Å². The SMILES string of the molecule is C=CC(=O)OC(C)c1ccc(C(C)OC(=O)C=C)cc1. The lowest BCUT2D eigenvalue weighted by Crippen LogP contribution is -2.07. The lowest BCUT2D eigenvalue weighted by molar-refractivity contribution is -0.143. The van der Waals surface area contributed by atoms with E-state index in [0.29, 0.717) is 0 Å². The Morgan fingerprint density at radius 2 is 1.20 bits per heavy atom. The summed E-state index contributed by atoms with van der Waals surface area (Å²) < 4.78 is 10.2. The quantitative estimate of drug-likeness (QED) is 0.590. The molecule has 20 heavy (non-hydrogen) atoms. The largest absolute Gasteiger partial charge is 0.455 e. The van der Waals surface area contributed by atoms with Crippen molar-refractivity contribution in [3.8, 4) is 0 Å². The molecule has 0 bridgehead atoms. The number of carbonyl (C=O) groups excluding carboxylic acids is 2. The van der Waals surface area contributed by atoms with Crippen LogP contribution in [0.2, 0.25) is 0 Å². The molecule has 0 aliphatic heterocycles. The summed E-state index contributed by atoms with van der Waals surface area (Å²) in [5, 5.41) is 0. The van der Waals surface area contributed by atoms with Gasteiger partial charge in [-0.1, -0.05) is 37.4 Å². The van der Waals surface area contributed by atoms with Crippen molar-refractivity contribution in [1.82, 2.24) is 0 Å². The van der Waals surface area contributed by atoms with Crippen molar-refractivity contribution in [2.24, 2.45) is 0 Å². The molecular weight excluding hydrogens is 256 g/mol. The van der Waals surface area contributed by atoms with E-state index in [1.54, 1.807) is 13.8 Å².